The molecule has 0 amide bonds. The van der Waals surface area contributed by atoms with Crippen LogP contribution in [0.4, 0.5) is 0 Å². The Morgan fingerprint density at radius 1 is 0.286 bits per heavy atom. The summed E-state index contributed by atoms with van der Waals surface area (Å²) in [6.07, 6.45) is -2.55. The summed E-state index contributed by atoms with van der Waals surface area (Å²) < 4.78 is 94.6. The molecule has 0 fully saturated rings. The van der Waals surface area contributed by atoms with E-state index in [1.54, 1.807) is 111 Å². The predicted octanol–water partition coefficient (Wildman–Crippen LogP) is -7.56. The van der Waals surface area contributed by atoms with Gasteiger partial charge in [0.05, 0.1) is 48.8 Å². The van der Waals surface area contributed by atoms with Gasteiger partial charge < -0.3 is 128 Å². The first kappa shape index (κ1) is 107. The zero-order chi connectivity index (χ0) is 33.7. The molecule has 0 unspecified atom stereocenters. The molecule has 0 aromatic rings. The van der Waals surface area contributed by atoms with Crippen molar-refractivity contribution in [2.75, 3.05) is 11.8 Å². The summed E-state index contributed by atoms with van der Waals surface area (Å²) in [6, 6.07) is 0. The maximum absolute atomic E-state index is 12.8. The molecule has 0 saturated carbocycles. The molecule has 0 saturated heterocycles. The SMILES string of the molecule is CC(C)OP(=O)(CP(=O)(OC(C)C)OC(C)C)OC(C)C.CC(C)OP(=O)(CP(=O)(OC(C)C)OC(C)C)OC(C)C.O.O.O.O.O.O.[Cl-].[Cl-].[Cl-].[OH3+].[OH3+].[OH3+].[OH3+].[Tb+3]. The number of hydrogen-bond donors (Lipinski definition) is 0. The summed E-state index contributed by atoms with van der Waals surface area (Å²) in [5, 5.41) is 0. The van der Waals surface area contributed by atoms with Gasteiger partial charge >= 0.3 is 69.0 Å². The van der Waals surface area contributed by atoms with Crippen LogP contribution in [0.3, 0.4) is 0 Å². The normalized spacial score (nSPS) is 10.4. The maximum Gasteiger partial charge on any atom is 3.00 e. The molecule has 0 bridgehead atoms. The monoisotopic (exact) mass is 1140 g/mol. The predicted molar refractivity (Wildman–Crippen MR) is 211 cm³/mol. The zero-order valence-electron chi connectivity index (χ0n) is 35.5. The molecule has 0 aliphatic carbocycles. The number of rotatable bonds is 20. The Morgan fingerprint density at radius 3 is 0.411 bits per heavy atom. The van der Waals surface area contributed by atoms with Crippen LogP contribution in [0.1, 0.15) is 111 Å². The summed E-state index contributed by atoms with van der Waals surface area (Å²) in [5.74, 6) is -0.764. The van der Waals surface area contributed by atoms with E-state index < -0.39 is 30.4 Å². The van der Waals surface area contributed by atoms with E-state index in [0.29, 0.717) is 0 Å². The molecule has 56 heavy (non-hydrogen) atoms. The van der Waals surface area contributed by atoms with Crippen molar-refractivity contribution >= 4 is 30.4 Å². The van der Waals surface area contributed by atoms with Gasteiger partial charge in [0.15, 0.2) is 11.8 Å². The second-order valence-corrected chi connectivity index (χ2v) is 20.8. The van der Waals surface area contributed by atoms with Crippen LogP contribution in [0.2, 0.25) is 0 Å². The van der Waals surface area contributed by atoms with Crippen molar-refractivity contribution in [3.8, 4) is 0 Å². The van der Waals surface area contributed by atoms with Gasteiger partial charge in [-0.2, -0.15) is 0 Å². The molecule has 0 spiro atoms. The van der Waals surface area contributed by atoms with Crippen molar-refractivity contribution in [3.63, 3.8) is 0 Å². The summed E-state index contributed by atoms with van der Waals surface area (Å²) in [4.78, 5) is 0. The quantitative estimate of drug-likeness (QED) is 0.0811. The van der Waals surface area contributed by atoms with Crippen LogP contribution in [-0.4, -0.2) is 93.5 Å². The smallest absolute Gasteiger partial charge is 1.00 e. The van der Waals surface area contributed by atoms with E-state index in [9.17, 15) is 18.3 Å². The number of halogens is 3. The van der Waals surface area contributed by atoms with E-state index in [0.717, 1.165) is 0 Å². The Morgan fingerprint density at radius 2 is 0.357 bits per heavy atom. The molecular formula is C26H84Cl3O22P4Tb+4. The van der Waals surface area contributed by atoms with Gasteiger partial charge in [-0.15, -0.1) is 0 Å². The van der Waals surface area contributed by atoms with E-state index in [4.69, 9.17) is 36.2 Å². The van der Waals surface area contributed by atoms with E-state index in [1.165, 1.54) is 0 Å². The third-order valence-electron chi connectivity index (χ3n) is 3.66. The third kappa shape index (κ3) is 58.4. The molecule has 366 valence electrons. The van der Waals surface area contributed by atoms with Gasteiger partial charge in [0.25, 0.3) is 0 Å². The van der Waals surface area contributed by atoms with Crippen molar-refractivity contribution in [1.82, 2.24) is 0 Å². The number of hydrogen-bond acceptors (Lipinski definition) is 12. The van der Waals surface area contributed by atoms with Crippen LogP contribution in [-0.2, 0) is 76.4 Å². The van der Waals surface area contributed by atoms with Crippen LogP contribution in [0.5, 0.6) is 0 Å². The molecule has 0 atom stereocenters. The van der Waals surface area contributed by atoms with Crippen molar-refractivity contribution in [3.05, 3.63) is 0 Å². The van der Waals surface area contributed by atoms with E-state index in [1.807, 2.05) is 0 Å². The molecule has 0 heterocycles. The van der Waals surface area contributed by atoms with Crippen LogP contribution in [0, 0.1) is 38.6 Å². The average molecular weight is 1140 g/mol. The fourth-order valence-electron chi connectivity index (χ4n) is 3.36. The van der Waals surface area contributed by atoms with E-state index in [-0.39, 0.29) is 191 Å². The minimum atomic E-state index is -3.58. The zero-order valence-corrected chi connectivity index (χ0v) is 43.5. The fraction of sp³-hybridized carbons (Fsp3) is 1.00. The van der Waals surface area contributed by atoms with Crippen molar-refractivity contribution in [2.45, 2.75) is 160 Å². The first-order valence-electron chi connectivity index (χ1n) is 14.6. The molecular weight excluding hydrogens is 1050 g/mol. The minimum absolute atomic E-state index is 0. The molecule has 0 radical (unpaired) electrons. The second-order valence-electron chi connectivity index (χ2n) is 12.0. The summed E-state index contributed by atoms with van der Waals surface area (Å²) >= 11 is 0. The minimum Gasteiger partial charge on any atom is -1.00 e. The molecule has 22 nitrogen and oxygen atoms in total. The molecule has 30 heteroatoms. The van der Waals surface area contributed by atoms with Crippen LogP contribution < -0.4 is 37.2 Å². The van der Waals surface area contributed by atoms with E-state index >= 15 is 0 Å². The van der Waals surface area contributed by atoms with Gasteiger partial charge in [0.1, 0.15) is 0 Å². The Labute approximate surface area is 384 Å². The van der Waals surface area contributed by atoms with Gasteiger partial charge in [-0.1, -0.05) is 0 Å². The van der Waals surface area contributed by atoms with Crippen molar-refractivity contribution in [2.24, 2.45) is 0 Å². The summed E-state index contributed by atoms with van der Waals surface area (Å²) in [5.41, 5.74) is 0. The van der Waals surface area contributed by atoms with Gasteiger partial charge in [-0.25, -0.2) is 0 Å². The third-order valence-corrected chi connectivity index (χ3v) is 15.1. The van der Waals surface area contributed by atoms with Gasteiger partial charge in [-0.05, 0) is 111 Å². The fourth-order valence-corrected chi connectivity index (χ4v) is 14.2. The Hall–Kier alpha value is 2.36. The molecule has 0 rings (SSSR count). The largest absolute Gasteiger partial charge is 3.00 e. The summed E-state index contributed by atoms with van der Waals surface area (Å²) in [6.45, 7) is 27.9. The second kappa shape index (κ2) is 50.0. The van der Waals surface area contributed by atoms with Gasteiger partial charge in [-0.3, -0.25) is 18.3 Å². The Kier molecular flexibility index (Phi) is 95.6. The maximum atomic E-state index is 12.8. The van der Waals surface area contributed by atoms with Gasteiger partial charge in [0, 0.05) is 0 Å². The topological polar surface area (TPSA) is 463 Å². The molecule has 0 aliphatic rings. The summed E-state index contributed by atoms with van der Waals surface area (Å²) in [7, 11) is -14.3. The van der Waals surface area contributed by atoms with Crippen molar-refractivity contribution in [1.29, 1.82) is 0 Å². The first-order chi connectivity index (χ1) is 18.7. The molecule has 0 aromatic heterocycles. The molecule has 0 aliphatic heterocycles. The molecule has 24 N–H and O–H groups in total. The van der Waals surface area contributed by atoms with Crippen LogP contribution in [0.25, 0.3) is 0 Å². The van der Waals surface area contributed by atoms with E-state index in [2.05, 4.69) is 0 Å². The van der Waals surface area contributed by atoms with Gasteiger partial charge in [0.2, 0.25) is 0 Å². The van der Waals surface area contributed by atoms with Crippen molar-refractivity contribution < 1.29 is 185 Å². The standard InChI is InChI=1S/2C13H30O6P2.3ClH.10H2O.Tb/c2*1-10(2)16-20(14,17-11(3)4)9-21(15,18-12(5)6)19-13(7)8;;;;;;;;;;;;;;/h2*10-13H,9H2,1-8H3;3*1H;10*1H2;/q;;;;;;;;;;;;;;;+3/p+1. The first-order valence-corrected chi connectivity index (χ1v) is 21.5. The Bertz CT molecular complexity index is 769. The average Bonchev–Trinajstić information content (AvgIpc) is 2.60. The molecule has 0 aromatic carbocycles. The Balaban J connectivity index is -0.0000000327. The van der Waals surface area contributed by atoms with Crippen LogP contribution >= 0.6 is 30.4 Å². The van der Waals surface area contributed by atoms with Crippen LogP contribution in [0.15, 0.2) is 0 Å².